The summed E-state index contributed by atoms with van der Waals surface area (Å²) in [4.78, 5) is 23.6. The lowest BCUT2D eigenvalue weighted by molar-refractivity contribution is -0.142. The van der Waals surface area contributed by atoms with E-state index in [1.165, 1.54) is 0 Å². The van der Waals surface area contributed by atoms with Crippen LogP contribution in [0.3, 0.4) is 0 Å². The number of rotatable bonds is 6. The maximum absolute atomic E-state index is 11.7. The molecule has 2 N–H and O–H groups in total. The lowest BCUT2D eigenvalue weighted by atomic mass is 10.1. The molecule has 0 aliphatic carbocycles. The maximum Gasteiger partial charge on any atom is 0.329 e. The van der Waals surface area contributed by atoms with Gasteiger partial charge in [-0.05, 0) is 12.8 Å². The first-order valence-corrected chi connectivity index (χ1v) is 5.98. The first-order valence-electron chi connectivity index (χ1n) is 5.98. The number of carboxylic acid groups (broad SMARTS) is 1. The zero-order valence-electron chi connectivity index (χ0n) is 10.6. The van der Waals surface area contributed by atoms with E-state index in [4.69, 9.17) is 14.6 Å². The van der Waals surface area contributed by atoms with Crippen LogP contribution in [0.25, 0.3) is 0 Å². The van der Waals surface area contributed by atoms with Crippen LogP contribution in [-0.2, 0) is 14.3 Å². The summed E-state index contributed by atoms with van der Waals surface area (Å²) in [6.07, 6.45) is 2.01. The molecule has 1 fully saturated rings. The van der Waals surface area contributed by atoms with Crippen molar-refractivity contribution in [1.82, 2.24) is 10.2 Å². The molecule has 1 unspecified atom stereocenters. The van der Waals surface area contributed by atoms with Crippen molar-refractivity contribution in [2.45, 2.75) is 18.9 Å². The van der Waals surface area contributed by atoms with E-state index < -0.39 is 5.97 Å². The molecule has 1 aliphatic heterocycles. The molecule has 0 aromatic heterocycles. The van der Waals surface area contributed by atoms with E-state index in [2.05, 4.69) is 5.32 Å². The van der Waals surface area contributed by atoms with E-state index in [1.54, 1.807) is 12.0 Å². The smallest absolute Gasteiger partial charge is 0.329 e. The Balaban J connectivity index is 2.14. The van der Waals surface area contributed by atoms with Crippen molar-refractivity contribution < 1.29 is 24.2 Å². The largest absolute Gasteiger partial charge is 0.480 e. The molecule has 0 radical (unpaired) electrons. The molecule has 0 aromatic rings. The van der Waals surface area contributed by atoms with Gasteiger partial charge >= 0.3 is 12.0 Å². The Morgan fingerprint density at radius 1 is 1.50 bits per heavy atom. The molecule has 7 nitrogen and oxygen atoms in total. The summed E-state index contributed by atoms with van der Waals surface area (Å²) >= 11 is 0. The molecule has 0 bridgehead atoms. The van der Waals surface area contributed by atoms with Crippen molar-refractivity contribution in [3.05, 3.63) is 0 Å². The Bertz CT molecular complexity index is 285. The quantitative estimate of drug-likeness (QED) is 0.651. The number of urea groups is 1. The number of nitrogens with one attached hydrogen (secondary N) is 1. The van der Waals surface area contributed by atoms with Gasteiger partial charge in [-0.3, -0.25) is 0 Å². The summed E-state index contributed by atoms with van der Waals surface area (Å²) in [5.41, 5.74) is 0. The SMILES string of the molecule is COC1CCCN(C(=O)NCCOCC(=O)O)C1. The fourth-order valence-corrected chi connectivity index (χ4v) is 1.82. The molecule has 1 saturated heterocycles. The fraction of sp³-hybridized carbons (Fsp3) is 0.818. The number of nitrogens with zero attached hydrogens (tertiary/aromatic N) is 1. The van der Waals surface area contributed by atoms with Crippen LogP contribution in [0.1, 0.15) is 12.8 Å². The average Bonchev–Trinajstić information content (AvgIpc) is 2.37. The molecule has 0 saturated carbocycles. The Hall–Kier alpha value is -1.34. The van der Waals surface area contributed by atoms with Gasteiger partial charge in [-0.15, -0.1) is 0 Å². The van der Waals surface area contributed by atoms with E-state index in [0.717, 1.165) is 19.4 Å². The normalized spacial score (nSPS) is 19.6. The van der Waals surface area contributed by atoms with Gasteiger partial charge in [0.15, 0.2) is 0 Å². The third-order valence-corrected chi connectivity index (χ3v) is 2.75. The van der Waals surface area contributed by atoms with Gasteiger partial charge in [0.25, 0.3) is 0 Å². The number of carbonyl (C=O) groups excluding carboxylic acids is 1. The highest BCUT2D eigenvalue weighted by atomic mass is 16.5. The van der Waals surface area contributed by atoms with Crippen LogP contribution in [0.15, 0.2) is 0 Å². The number of aliphatic carboxylic acids is 1. The summed E-state index contributed by atoms with van der Waals surface area (Å²) in [6.45, 7) is 1.48. The number of ether oxygens (including phenoxy) is 2. The molecule has 1 atom stereocenters. The molecule has 1 heterocycles. The first-order chi connectivity index (χ1) is 8.63. The molecule has 0 aromatic carbocycles. The monoisotopic (exact) mass is 260 g/mol. The zero-order valence-corrected chi connectivity index (χ0v) is 10.6. The van der Waals surface area contributed by atoms with Crippen molar-refractivity contribution in [3.8, 4) is 0 Å². The number of piperidine rings is 1. The van der Waals surface area contributed by atoms with E-state index >= 15 is 0 Å². The van der Waals surface area contributed by atoms with Crippen LogP contribution in [0.5, 0.6) is 0 Å². The van der Waals surface area contributed by atoms with Gasteiger partial charge in [-0.25, -0.2) is 9.59 Å². The molecule has 2 amide bonds. The van der Waals surface area contributed by atoms with Gasteiger partial charge in [-0.2, -0.15) is 0 Å². The molecule has 7 heteroatoms. The van der Waals surface area contributed by atoms with E-state index in [-0.39, 0.29) is 25.3 Å². The Labute approximate surface area is 106 Å². The summed E-state index contributed by atoms with van der Waals surface area (Å²) < 4.78 is 10.0. The van der Waals surface area contributed by atoms with E-state index in [1.807, 2.05) is 0 Å². The van der Waals surface area contributed by atoms with Crippen molar-refractivity contribution in [1.29, 1.82) is 0 Å². The van der Waals surface area contributed by atoms with Crippen molar-refractivity contribution in [2.24, 2.45) is 0 Å². The van der Waals surface area contributed by atoms with Crippen LogP contribution in [-0.4, -0.2) is 68.1 Å². The van der Waals surface area contributed by atoms with E-state index in [0.29, 0.717) is 13.1 Å². The third-order valence-electron chi connectivity index (χ3n) is 2.75. The predicted octanol–water partition coefficient (Wildman–Crippen LogP) is -0.0920. The highest BCUT2D eigenvalue weighted by Gasteiger charge is 2.22. The second kappa shape index (κ2) is 7.88. The number of hydrogen-bond acceptors (Lipinski definition) is 4. The highest BCUT2D eigenvalue weighted by molar-refractivity contribution is 5.74. The van der Waals surface area contributed by atoms with Gasteiger partial charge in [0.1, 0.15) is 6.61 Å². The van der Waals surface area contributed by atoms with E-state index in [9.17, 15) is 9.59 Å². The van der Waals surface area contributed by atoms with Crippen molar-refractivity contribution >= 4 is 12.0 Å². The molecular formula is C11H20N2O5. The molecule has 1 aliphatic rings. The summed E-state index contributed by atoms with van der Waals surface area (Å²) in [7, 11) is 1.64. The van der Waals surface area contributed by atoms with Gasteiger partial charge < -0.3 is 24.8 Å². The average molecular weight is 260 g/mol. The second-order valence-corrected chi connectivity index (χ2v) is 4.12. The first kappa shape index (κ1) is 14.7. The van der Waals surface area contributed by atoms with Gasteiger partial charge in [0, 0.05) is 26.7 Å². The molecule has 1 rings (SSSR count). The number of hydrogen-bond donors (Lipinski definition) is 2. The predicted molar refractivity (Wildman–Crippen MR) is 63.5 cm³/mol. The Kier molecular flexibility index (Phi) is 6.45. The molecular weight excluding hydrogens is 240 g/mol. The number of carbonyl (C=O) groups is 2. The third kappa shape index (κ3) is 5.33. The summed E-state index contributed by atoms with van der Waals surface area (Å²) in [6, 6.07) is -0.157. The standard InChI is InChI=1S/C11H20N2O5/c1-17-9-3-2-5-13(7-9)11(16)12-4-6-18-8-10(14)15/h9H,2-8H2,1H3,(H,12,16)(H,14,15). The van der Waals surface area contributed by atoms with Gasteiger partial charge in [0.05, 0.1) is 12.7 Å². The second-order valence-electron chi connectivity index (χ2n) is 4.12. The number of likely N-dealkylation sites (tertiary alicyclic amines) is 1. The minimum Gasteiger partial charge on any atom is -0.480 e. The summed E-state index contributed by atoms with van der Waals surface area (Å²) in [5, 5.41) is 11.0. The highest BCUT2D eigenvalue weighted by Crippen LogP contribution is 2.12. The molecule has 104 valence electrons. The Morgan fingerprint density at radius 2 is 2.28 bits per heavy atom. The van der Waals surface area contributed by atoms with Crippen LogP contribution >= 0.6 is 0 Å². The number of carboxylic acids is 1. The van der Waals surface area contributed by atoms with Crippen LogP contribution in [0.4, 0.5) is 4.79 Å². The molecule has 0 spiro atoms. The zero-order chi connectivity index (χ0) is 13.4. The topological polar surface area (TPSA) is 88.1 Å². The number of amides is 2. The summed E-state index contributed by atoms with van der Waals surface area (Å²) in [5.74, 6) is -1.01. The van der Waals surface area contributed by atoms with Gasteiger partial charge in [-0.1, -0.05) is 0 Å². The van der Waals surface area contributed by atoms with Crippen molar-refractivity contribution in [2.75, 3.05) is 40.0 Å². The maximum atomic E-state index is 11.7. The lowest BCUT2D eigenvalue weighted by Gasteiger charge is -2.31. The number of methoxy groups -OCH3 is 1. The Morgan fingerprint density at radius 3 is 2.94 bits per heavy atom. The van der Waals surface area contributed by atoms with Crippen LogP contribution in [0.2, 0.25) is 0 Å². The lowest BCUT2D eigenvalue weighted by Crippen LogP contribution is -2.48. The fourth-order valence-electron chi connectivity index (χ4n) is 1.82. The van der Waals surface area contributed by atoms with Crippen molar-refractivity contribution in [3.63, 3.8) is 0 Å². The van der Waals surface area contributed by atoms with Gasteiger partial charge in [0.2, 0.25) is 0 Å². The minimum atomic E-state index is -1.01. The van der Waals surface area contributed by atoms with Crippen LogP contribution < -0.4 is 5.32 Å². The minimum absolute atomic E-state index is 0.104. The van der Waals surface area contributed by atoms with Crippen LogP contribution in [0, 0.1) is 0 Å². The molecule has 18 heavy (non-hydrogen) atoms.